The molecule has 0 heterocycles. The second-order valence-electron chi connectivity index (χ2n) is 4.67. The molecule has 89 valence electrons. The van der Waals surface area contributed by atoms with Gasteiger partial charge in [0.15, 0.2) is 11.9 Å². The summed E-state index contributed by atoms with van der Waals surface area (Å²) in [4.78, 5) is 12.5. The minimum absolute atomic E-state index is 0.000370. The monoisotopic (exact) mass is 237 g/mol. The largest absolute Gasteiger partial charge is 0.377 e. The van der Waals surface area contributed by atoms with Gasteiger partial charge in [-0.25, -0.2) is 0 Å². The van der Waals surface area contributed by atoms with Gasteiger partial charge in [-0.1, -0.05) is 36.4 Å². The summed E-state index contributed by atoms with van der Waals surface area (Å²) < 4.78 is 0. The van der Waals surface area contributed by atoms with Crippen molar-refractivity contribution in [3.8, 4) is 0 Å². The van der Waals surface area contributed by atoms with Crippen molar-refractivity contribution in [2.75, 3.05) is 0 Å². The maximum atomic E-state index is 12.5. The third-order valence-electron chi connectivity index (χ3n) is 3.51. The van der Waals surface area contributed by atoms with Crippen LogP contribution in [0.1, 0.15) is 38.2 Å². The van der Waals surface area contributed by atoms with Crippen LogP contribution < -0.4 is 0 Å². The maximum Gasteiger partial charge on any atom is 0.194 e. The molecule has 1 aliphatic carbocycles. The molecule has 0 aliphatic heterocycles. The minimum atomic E-state index is -0.000370. The molecule has 0 atom stereocenters. The standard InChI is InChI=1S/C16H13O2/c1-9-7-8-10(2)14-13(9)15(17)11-5-3-4-6-12(11)16(14)18/h3-8,17H,1-2H3. The van der Waals surface area contributed by atoms with Gasteiger partial charge in [0.2, 0.25) is 0 Å². The Morgan fingerprint density at radius 3 is 2.06 bits per heavy atom. The van der Waals surface area contributed by atoms with Crippen molar-refractivity contribution in [2.24, 2.45) is 0 Å². The van der Waals surface area contributed by atoms with Gasteiger partial charge in [-0.3, -0.25) is 4.79 Å². The van der Waals surface area contributed by atoms with Gasteiger partial charge in [-0.15, -0.1) is 0 Å². The molecule has 0 spiro atoms. The van der Waals surface area contributed by atoms with Crippen LogP contribution in [0.2, 0.25) is 0 Å². The number of fused-ring (bicyclic) bond motifs is 2. The van der Waals surface area contributed by atoms with Crippen molar-refractivity contribution >= 4 is 5.78 Å². The van der Waals surface area contributed by atoms with Crippen LogP contribution >= 0.6 is 0 Å². The Kier molecular flexibility index (Phi) is 2.35. The third-order valence-corrected chi connectivity index (χ3v) is 3.51. The molecule has 0 bridgehead atoms. The van der Waals surface area contributed by atoms with Crippen LogP contribution in [0.25, 0.3) is 0 Å². The van der Waals surface area contributed by atoms with Crippen LogP contribution in [0.4, 0.5) is 0 Å². The summed E-state index contributed by atoms with van der Waals surface area (Å²) in [6.45, 7) is 3.81. The summed E-state index contributed by atoms with van der Waals surface area (Å²) in [5.74, 6) is -0.000370. The first-order valence-electron chi connectivity index (χ1n) is 5.92. The molecule has 18 heavy (non-hydrogen) atoms. The Hall–Kier alpha value is -1.93. The minimum Gasteiger partial charge on any atom is -0.377 e. The van der Waals surface area contributed by atoms with Crippen molar-refractivity contribution in [1.82, 2.24) is 0 Å². The number of ketones is 1. The Balaban J connectivity index is 2.37. The van der Waals surface area contributed by atoms with Gasteiger partial charge < -0.3 is 5.11 Å². The second kappa shape index (κ2) is 3.79. The van der Waals surface area contributed by atoms with Crippen molar-refractivity contribution < 1.29 is 9.90 Å². The highest BCUT2D eigenvalue weighted by Crippen LogP contribution is 2.37. The van der Waals surface area contributed by atoms with E-state index >= 15 is 0 Å². The molecule has 2 nitrogen and oxygen atoms in total. The SMILES string of the molecule is Cc1ccc(C)c2c1[C](O)c1ccccc1C2=O. The van der Waals surface area contributed by atoms with Crippen LogP contribution in [0.15, 0.2) is 36.4 Å². The van der Waals surface area contributed by atoms with Gasteiger partial charge in [-0.2, -0.15) is 0 Å². The zero-order chi connectivity index (χ0) is 12.9. The maximum absolute atomic E-state index is 12.5. The first-order valence-corrected chi connectivity index (χ1v) is 5.92. The number of rotatable bonds is 0. The lowest BCUT2D eigenvalue weighted by molar-refractivity contribution is 0.103. The van der Waals surface area contributed by atoms with Crippen molar-refractivity contribution in [1.29, 1.82) is 0 Å². The highest BCUT2D eigenvalue weighted by Gasteiger charge is 2.32. The van der Waals surface area contributed by atoms with Crippen LogP contribution in [0.5, 0.6) is 0 Å². The lowest BCUT2D eigenvalue weighted by Crippen LogP contribution is -2.22. The Morgan fingerprint density at radius 2 is 1.39 bits per heavy atom. The Morgan fingerprint density at radius 1 is 0.833 bits per heavy atom. The molecule has 2 aromatic carbocycles. The average Bonchev–Trinajstić information content (AvgIpc) is 2.38. The number of hydrogen-bond acceptors (Lipinski definition) is 2. The normalized spacial score (nSPS) is 14.3. The molecule has 2 heteroatoms. The van der Waals surface area contributed by atoms with Gasteiger partial charge in [0.25, 0.3) is 0 Å². The second-order valence-corrected chi connectivity index (χ2v) is 4.67. The van der Waals surface area contributed by atoms with Crippen LogP contribution in [0, 0.1) is 20.0 Å². The summed E-state index contributed by atoms with van der Waals surface area (Å²) in [7, 11) is 0. The highest BCUT2D eigenvalue weighted by molar-refractivity contribution is 6.14. The summed E-state index contributed by atoms with van der Waals surface area (Å²) in [6.07, 6.45) is 0.210. The number of aliphatic hydroxyl groups is 1. The van der Waals surface area contributed by atoms with E-state index in [-0.39, 0.29) is 11.9 Å². The average molecular weight is 237 g/mol. The van der Waals surface area contributed by atoms with E-state index in [0.29, 0.717) is 22.3 Å². The quantitative estimate of drug-likeness (QED) is 0.764. The smallest absolute Gasteiger partial charge is 0.194 e. The fourth-order valence-corrected chi connectivity index (χ4v) is 2.57. The highest BCUT2D eigenvalue weighted by atomic mass is 16.3. The summed E-state index contributed by atoms with van der Waals surface area (Å²) >= 11 is 0. The molecule has 1 aliphatic rings. The summed E-state index contributed by atoms with van der Waals surface area (Å²) in [6, 6.07) is 11.1. The Bertz CT molecular complexity index is 656. The fourth-order valence-electron chi connectivity index (χ4n) is 2.57. The zero-order valence-corrected chi connectivity index (χ0v) is 10.3. The first-order chi connectivity index (χ1) is 8.61. The van der Waals surface area contributed by atoms with E-state index in [9.17, 15) is 9.90 Å². The number of carbonyl (C=O) groups excluding carboxylic acids is 1. The molecule has 0 saturated heterocycles. The van der Waals surface area contributed by atoms with Crippen molar-refractivity contribution in [3.05, 3.63) is 75.9 Å². The van der Waals surface area contributed by atoms with Gasteiger partial charge in [0.05, 0.1) is 0 Å². The van der Waals surface area contributed by atoms with E-state index < -0.39 is 0 Å². The van der Waals surface area contributed by atoms with Crippen molar-refractivity contribution in [3.63, 3.8) is 0 Å². The predicted molar refractivity (Wildman–Crippen MR) is 69.2 cm³/mol. The van der Waals surface area contributed by atoms with E-state index in [2.05, 4.69) is 0 Å². The molecule has 0 amide bonds. The van der Waals surface area contributed by atoms with E-state index in [1.807, 2.05) is 38.1 Å². The van der Waals surface area contributed by atoms with E-state index in [4.69, 9.17) is 0 Å². The van der Waals surface area contributed by atoms with E-state index in [1.165, 1.54) is 0 Å². The molecule has 3 rings (SSSR count). The third kappa shape index (κ3) is 1.36. The van der Waals surface area contributed by atoms with Crippen molar-refractivity contribution in [2.45, 2.75) is 13.8 Å². The van der Waals surface area contributed by atoms with Crippen LogP contribution in [-0.2, 0) is 0 Å². The molecule has 1 radical (unpaired) electrons. The number of carbonyl (C=O) groups is 1. The van der Waals surface area contributed by atoms with Crippen LogP contribution in [-0.4, -0.2) is 10.9 Å². The fraction of sp³-hybridized carbons (Fsp3) is 0.125. The molecule has 1 N–H and O–H groups in total. The first kappa shape index (κ1) is 11.2. The summed E-state index contributed by atoms with van der Waals surface area (Å²) in [5.41, 5.74) is 4.35. The van der Waals surface area contributed by atoms with Gasteiger partial charge in [0, 0.05) is 22.3 Å². The Labute approximate surface area is 106 Å². The number of aliphatic hydroxyl groups excluding tert-OH is 1. The molecule has 2 aromatic rings. The molecule has 0 unspecified atom stereocenters. The molecular formula is C16H13O2. The van der Waals surface area contributed by atoms with Gasteiger partial charge >= 0.3 is 0 Å². The molecular weight excluding hydrogens is 224 g/mol. The summed E-state index contributed by atoms with van der Waals surface area (Å²) in [5, 5.41) is 10.4. The number of benzene rings is 2. The predicted octanol–water partition coefficient (Wildman–Crippen LogP) is 3.15. The molecule has 0 fully saturated rings. The number of aryl methyl sites for hydroxylation is 2. The zero-order valence-electron chi connectivity index (χ0n) is 10.3. The van der Waals surface area contributed by atoms with Crippen LogP contribution in [0.3, 0.4) is 0 Å². The van der Waals surface area contributed by atoms with E-state index in [1.54, 1.807) is 12.1 Å². The molecule has 0 aromatic heterocycles. The number of hydrogen-bond donors (Lipinski definition) is 1. The van der Waals surface area contributed by atoms with Gasteiger partial charge in [0.1, 0.15) is 0 Å². The van der Waals surface area contributed by atoms with E-state index in [0.717, 1.165) is 11.1 Å². The van der Waals surface area contributed by atoms with Gasteiger partial charge in [-0.05, 0) is 25.0 Å². The lowest BCUT2D eigenvalue weighted by atomic mass is 9.79. The topological polar surface area (TPSA) is 37.3 Å². The lowest BCUT2D eigenvalue weighted by Gasteiger charge is -2.25. The molecule has 0 saturated carbocycles.